The number of amides is 2. The normalized spacial score (nSPS) is 13.1. The molecule has 0 bridgehead atoms. The number of para-hydroxylation sites is 1. The zero-order valence-corrected chi connectivity index (χ0v) is 18.8. The Hall–Kier alpha value is -3.91. The molecule has 1 aliphatic rings. The van der Waals surface area contributed by atoms with Crippen LogP contribution in [0.15, 0.2) is 70.1 Å². The molecule has 172 valence electrons. The number of aryl methyl sites for hydroxylation is 1. The molecule has 0 aliphatic heterocycles. The van der Waals surface area contributed by atoms with Crippen LogP contribution in [0.25, 0.3) is 10.9 Å². The second-order valence-corrected chi connectivity index (χ2v) is 8.56. The minimum absolute atomic E-state index is 0.0656. The fourth-order valence-electron chi connectivity index (χ4n) is 3.84. The monoisotopic (exact) mass is 476 g/mol. The van der Waals surface area contributed by atoms with Gasteiger partial charge < -0.3 is 15.1 Å². The summed E-state index contributed by atoms with van der Waals surface area (Å²) in [4.78, 5) is 42.8. The summed E-state index contributed by atoms with van der Waals surface area (Å²) in [5, 5.41) is 6.51. The van der Waals surface area contributed by atoms with Gasteiger partial charge in [0.05, 0.1) is 28.5 Å². The van der Waals surface area contributed by atoms with Crippen LogP contribution in [0.1, 0.15) is 41.7 Å². The molecule has 4 aromatic rings. The molecule has 0 atom stereocenters. The average molecular weight is 477 g/mol. The number of carbonyl (C=O) groups is 2. The van der Waals surface area contributed by atoms with E-state index in [0.29, 0.717) is 39.5 Å². The molecule has 2 aromatic carbocycles. The lowest BCUT2D eigenvalue weighted by Crippen LogP contribution is -2.25. The highest BCUT2D eigenvalue weighted by molar-refractivity contribution is 6.31. The minimum atomic E-state index is -0.462. The number of aromatic nitrogens is 2. The Morgan fingerprint density at radius 2 is 1.88 bits per heavy atom. The molecule has 2 heterocycles. The first-order chi connectivity index (χ1) is 16.5. The molecule has 1 saturated carbocycles. The molecule has 1 aliphatic carbocycles. The largest absolute Gasteiger partial charge is 0.459 e. The Bertz CT molecular complexity index is 1440. The Kier molecular flexibility index (Phi) is 5.90. The third-order valence-corrected chi connectivity index (χ3v) is 5.85. The molecule has 0 radical (unpaired) electrons. The second kappa shape index (κ2) is 9.15. The zero-order valence-electron chi connectivity index (χ0n) is 18.1. The van der Waals surface area contributed by atoms with Gasteiger partial charge in [-0.1, -0.05) is 23.7 Å². The van der Waals surface area contributed by atoms with E-state index >= 15 is 0 Å². The van der Waals surface area contributed by atoms with Crippen LogP contribution in [0.2, 0.25) is 5.02 Å². The molecule has 34 heavy (non-hydrogen) atoms. The summed E-state index contributed by atoms with van der Waals surface area (Å²) in [5.74, 6) is -0.00126. The zero-order chi connectivity index (χ0) is 23.7. The van der Waals surface area contributed by atoms with E-state index in [-0.39, 0.29) is 29.7 Å². The Balaban J connectivity index is 1.33. The maximum absolute atomic E-state index is 13.0. The third kappa shape index (κ3) is 4.58. The molecule has 2 N–H and O–H groups in total. The van der Waals surface area contributed by atoms with Crippen LogP contribution < -0.4 is 16.2 Å². The van der Waals surface area contributed by atoms with E-state index in [4.69, 9.17) is 16.0 Å². The average Bonchev–Trinajstić information content (AvgIpc) is 3.50. The van der Waals surface area contributed by atoms with Crippen LogP contribution in [0.3, 0.4) is 0 Å². The lowest BCUT2D eigenvalue weighted by molar-refractivity contribution is -0.116. The summed E-state index contributed by atoms with van der Waals surface area (Å²) in [5.41, 5.74) is 1.31. The van der Waals surface area contributed by atoms with E-state index in [2.05, 4.69) is 15.6 Å². The Labute approximate surface area is 199 Å². The number of rotatable bonds is 7. The van der Waals surface area contributed by atoms with Crippen molar-refractivity contribution in [3.05, 3.63) is 87.8 Å². The van der Waals surface area contributed by atoms with Crippen LogP contribution in [-0.2, 0) is 11.2 Å². The number of furan rings is 1. The summed E-state index contributed by atoms with van der Waals surface area (Å²) >= 11 is 6.09. The lowest BCUT2D eigenvalue weighted by atomic mass is 10.2. The highest BCUT2D eigenvalue weighted by Gasteiger charge is 2.28. The van der Waals surface area contributed by atoms with Crippen molar-refractivity contribution in [1.29, 1.82) is 0 Å². The number of halogens is 1. The van der Waals surface area contributed by atoms with E-state index in [1.165, 1.54) is 12.3 Å². The predicted octanol–water partition coefficient (Wildman–Crippen LogP) is 4.80. The molecule has 8 nitrogen and oxygen atoms in total. The van der Waals surface area contributed by atoms with Gasteiger partial charge in [0.25, 0.3) is 11.5 Å². The number of nitrogens with one attached hydrogen (secondary N) is 2. The van der Waals surface area contributed by atoms with Gasteiger partial charge in [0.15, 0.2) is 5.76 Å². The first-order valence-corrected chi connectivity index (χ1v) is 11.3. The molecular weight excluding hydrogens is 456 g/mol. The standard InChI is InChI=1S/C25H21ClN4O4/c26-15-7-10-19(20(14-15)29-24(32)21-6-3-13-34-21)28-23(31)12-11-22-27-18-5-2-1-4-17(18)25(33)30(22)16-8-9-16/h1-7,10,13-14,16H,8-9,11-12H2,(H,28,31)(H,29,32). The van der Waals surface area contributed by atoms with Crippen molar-refractivity contribution in [2.75, 3.05) is 10.6 Å². The van der Waals surface area contributed by atoms with Gasteiger partial charge in [-0.15, -0.1) is 0 Å². The van der Waals surface area contributed by atoms with Crippen LogP contribution in [0.5, 0.6) is 0 Å². The number of benzene rings is 2. The van der Waals surface area contributed by atoms with Crippen LogP contribution in [0, 0.1) is 0 Å². The van der Waals surface area contributed by atoms with Crippen molar-refractivity contribution in [2.24, 2.45) is 0 Å². The highest BCUT2D eigenvalue weighted by Crippen LogP contribution is 2.35. The van der Waals surface area contributed by atoms with Crippen molar-refractivity contribution in [2.45, 2.75) is 31.7 Å². The van der Waals surface area contributed by atoms with Crippen LogP contribution in [0.4, 0.5) is 11.4 Å². The van der Waals surface area contributed by atoms with E-state index in [0.717, 1.165) is 12.8 Å². The van der Waals surface area contributed by atoms with Gasteiger partial charge in [-0.2, -0.15) is 0 Å². The fraction of sp³-hybridized carbons (Fsp3) is 0.200. The quantitative estimate of drug-likeness (QED) is 0.398. The summed E-state index contributed by atoms with van der Waals surface area (Å²) in [6.45, 7) is 0. The summed E-state index contributed by atoms with van der Waals surface area (Å²) in [6, 6.07) is 15.3. The van der Waals surface area contributed by atoms with Gasteiger partial charge in [-0.25, -0.2) is 4.98 Å². The number of fused-ring (bicyclic) bond motifs is 1. The summed E-state index contributed by atoms with van der Waals surface area (Å²) < 4.78 is 6.84. The molecule has 1 fully saturated rings. The highest BCUT2D eigenvalue weighted by atomic mass is 35.5. The maximum atomic E-state index is 13.0. The number of hydrogen-bond donors (Lipinski definition) is 2. The molecular formula is C25H21ClN4O4. The van der Waals surface area contributed by atoms with Crippen molar-refractivity contribution in [1.82, 2.24) is 9.55 Å². The molecule has 0 spiro atoms. The summed E-state index contributed by atoms with van der Waals surface area (Å²) in [7, 11) is 0. The fourth-order valence-corrected chi connectivity index (χ4v) is 4.01. The van der Waals surface area contributed by atoms with Gasteiger partial charge in [0, 0.05) is 23.9 Å². The van der Waals surface area contributed by atoms with E-state index < -0.39 is 5.91 Å². The van der Waals surface area contributed by atoms with Gasteiger partial charge in [0.1, 0.15) is 5.82 Å². The first-order valence-electron chi connectivity index (χ1n) is 10.9. The molecule has 0 saturated heterocycles. The molecule has 9 heteroatoms. The van der Waals surface area contributed by atoms with Gasteiger partial charge in [-0.05, 0) is 55.3 Å². The Morgan fingerprint density at radius 3 is 2.65 bits per heavy atom. The van der Waals surface area contributed by atoms with Gasteiger partial charge >= 0.3 is 0 Å². The predicted molar refractivity (Wildman–Crippen MR) is 129 cm³/mol. The van der Waals surface area contributed by atoms with Gasteiger partial charge in [-0.3, -0.25) is 19.0 Å². The SMILES string of the molecule is O=C(CCc1nc2ccccc2c(=O)n1C1CC1)Nc1ccc(Cl)cc1NC(=O)c1ccco1. The molecule has 2 aromatic heterocycles. The van der Waals surface area contributed by atoms with E-state index in [9.17, 15) is 14.4 Å². The number of hydrogen-bond acceptors (Lipinski definition) is 5. The first kappa shape index (κ1) is 21.9. The van der Waals surface area contributed by atoms with Crippen LogP contribution in [-0.4, -0.2) is 21.4 Å². The third-order valence-electron chi connectivity index (χ3n) is 5.62. The lowest BCUT2D eigenvalue weighted by Gasteiger charge is -2.14. The summed E-state index contributed by atoms with van der Waals surface area (Å²) in [6.07, 6.45) is 3.69. The van der Waals surface area contributed by atoms with Crippen LogP contribution >= 0.6 is 11.6 Å². The van der Waals surface area contributed by atoms with Crippen molar-refractivity contribution in [3.8, 4) is 0 Å². The smallest absolute Gasteiger partial charge is 0.291 e. The minimum Gasteiger partial charge on any atom is -0.459 e. The topological polar surface area (TPSA) is 106 Å². The van der Waals surface area contributed by atoms with Crippen molar-refractivity contribution >= 4 is 45.7 Å². The van der Waals surface area contributed by atoms with Crippen molar-refractivity contribution < 1.29 is 14.0 Å². The number of carbonyl (C=O) groups excluding carboxylic acids is 2. The van der Waals surface area contributed by atoms with Crippen molar-refractivity contribution in [3.63, 3.8) is 0 Å². The van der Waals surface area contributed by atoms with E-state index in [1.54, 1.807) is 41.0 Å². The van der Waals surface area contributed by atoms with E-state index in [1.807, 2.05) is 12.1 Å². The second-order valence-electron chi connectivity index (χ2n) is 8.12. The molecule has 0 unspecified atom stereocenters. The maximum Gasteiger partial charge on any atom is 0.291 e. The molecule has 2 amide bonds. The van der Waals surface area contributed by atoms with Gasteiger partial charge in [0.2, 0.25) is 5.91 Å². The molecule has 5 rings (SSSR count). The number of anilines is 2. The Morgan fingerprint density at radius 1 is 1.06 bits per heavy atom. The number of nitrogens with zero attached hydrogens (tertiary/aromatic N) is 2.